The first kappa shape index (κ1) is 6.91. The summed E-state index contributed by atoms with van der Waals surface area (Å²) in [7, 11) is 3.33. The van der Waals surface area contributed by atoms with E-state index in [2.05, 4.69) is 9.24 Å². The van der Waals surface area contributed by atoms with Gasteiger partial charge in [0.05, 0.1) is 0 Å². The first-order valence-corrected chi connectivity index (χ1v) is 2.78. The monoisotopic (exact) mass is 113 g/mol. The van der Waals surface area contributed by atoms with Gasteiger partial charge in [-0.15, -0.1) is 0 Å². The number of allylic oxidation sites excluding steroid dienone is 4. The molecule has 0 rings (SSSR count). The highest BCUT2D eigenvalue weighted by Gasteiger charge is 1.55. The van der Waals surface area contributed by atoms with Gasteiger partial charge in [-0.3, -0.25) is 0 Å². The summed E-state index contributed by atoms with van der Waals surface area (Å²) in [4.78, 5) is 0. The molecule has 0 bridgehead atoms. The molecule has 0 saturated carbocycles. The summed E-state index contributed by atoms with van der Waals surface area (Å²) in [5.74, 6) is 0. The van der Waals surface area contributed by atoms with E-state index in [-0.39, 0.29) is 0 Å². The van der Waals surface area contributed by atoms with Crippen LogP contribution in [-0.2, 0) is 0 Å². The highest BCUT2D eigenvalue weighted by atomic mass is 31.0. The molecule has 0 aromatic heterocycles. The van der Waals surface area contributed by atoms with Crippen molar-refractivity contribution in [2.75, 3.05) is 0 Å². The molecule has 0 atom stereocenters. The van der Waals surface area contributed by atoms with Gasteiger partial charge in [-0.1, -0.05) is 25.2 Å². The number of hydrogen-bond acceptors (Lipinski definition) is 0. The predicted octanol–water partition coefficient (Wildman–Crippen LogP) is 2.61. The topological polar surface area (TPSA) is 0 Å². The quantitative estimate of drug-likeness (QED) is 0.362. The van der Waals surface area contributed by atoms with Crippen LogP contribution in [0, 0.1) is 0 Å². The van der Waals surface area contributed by atoms with Gasteiger partial charge < -0.3 is 9.24 Å². The van der Waals surface area contributed by atoms with E-state index in [0.717, 1.165) is 5.31 Å². The van der Waals surface area contributed by atoms with E-state index in [1.165, 1.54) is 0 Å². The molecule has 0 amide bonds. The molecule has 0 nitrogen and oxygen atoms in total. The highest BCUT2D eigenvalue weighted by molar-refractivity contribution is 7.22. The molecule has 0 N–H and O–H groups in total. The van der Waals surface area contributed by atoms with Gasteiger partial charge in [0.25, 0.3) is 0 Å². The van der Waals surface area contributed by atoms with E-state index in [4.69, 9.17) is 0 Å². The lowest BCUT2D eigenvalue weighted by Crippen LogP contribution is -1.50. The van der Waals surface area contributed by atoms with Crippen molar-refractivity contribution in [1.29, 1.82) is 0 Å². The van der Waals surface area contributed by atoms with Crippen molar-refractivity contribution >= 4 is 9.24 Å². The van der Waals surface area contributed by atoms with Crippen LogP contribution in [0.1, 0.15) is 13.8 Å². The molecule has 0 aliphatic carbocycles. The third kappa shape index (κ3) is 5.91. The molecule has 0 aliphatic heterocycles. The Morgan fingerprint density at radius 1 is 1.57 bits per heavy atom. The fourth-order valence-corrected chi connectivity index (χ4v) is 0.337. The van der Waals surface area contributed by atoms with Gasteiger partial charge in [0.1, 0.15) is 0 Å². The average Bonchev–Trinajstić information content (AvgIpc) is 1.61. The highest BCUT2D eigenvalue weighted by Crippen LogP contribution is 2.00. The van der Waals surface area contributed by atoms with Crippen LogP contribution in [0.5, 0.6) is 0 Å². The molecule has 1 heteroatoms. The van der Waals surface area contributed by atoms with Gasteiger partial charge in [0.2, 0.25) is 0 Å². The normalized spacial score (nSPS) is 13.3. The largest absolute Gasteiger partial charge is 0.529 e. The van der Waals surface area contributed by atoms with E-state index in [1.807, 2.05) is 32.1 Å². The van der Waals surface area contributed by atoms with Crippen LogP contribution in [0.25, 0.3) is 0 Å². The van der Waals surface area contributed by atoms with E-state index in [1.54, 1.807) is 0 Å². The second kappa shape index (κ2) is 4.08. The Labute approximate surface area is 47.5 Å². The molecular weight excluding hydrogens is 103 g/mol. The third-order valence-corrected chi connectivity index (χ3v) is 0.705. The molecule has 0 fully saturated rings. The minimum Gasteiger partial charge on any atom is -0.529 e. The second-order valence-corrected chi connectivity index (χ2v) is 2.16. The smallest absolute Gasteiger partial charge is 0.0467 e. The Balaban J connectivity index is 3.46. The van der Waals surface area contributed by atoms with Crippen LogP contribution in [-0.4, -0.2) is 0 Å². The van der Waals surface area contributed by atoms with Crippen molar-refractivity contribution in [2.24, 2.45) is 0 Å². The molecule has 0 heterocycles. The molecule has 0 aromatic carbocycles. The zero-order valence-corrected chi connectivity index (χ0v) is 5.73. The Bertz CT molecular complexity index is 86.4. The van der Waals surface area contributed by atoms with E-state index >= 15 is 0 Å². The van der Waals surface area contributed by atoms with Crippen LogP contribution >= 0.6 is 9.24 Å². The molecule has 0 saturated heterocycles. The Hall–Kier alpha value is -0.0900. The summed E-state index contributed by atoms with van der Waals surface area (Å²) < 4.78 is 0. The first-order valence-electron chi connectivity index (χ1n) is 2.28. The summed E-state index contributed by atoms with van der Waals surface area (Å²) in [6, 6.07) is 0. The fraction of sp³-hybridized carbons (Fsp3) is 0.333. The minimum atomic E-state index is 1.15. The van der Waals surface area contributed by atoms with Crippen molar-refractivity contribution in [3.05, 3.63) is 23.5 Å². The zero-order chi connectivity index (χ0) is 5.70. The first-order chi connectivity index (χ1) is 3.27. The van der Waals surface area contributed by atoms with Gasteiger partial charge in [0, 0.05) is 0 Å². The number of hydrogen-bond donors (Lipinski definition) is 0. The van der Waals surface area contributed by atoms with Crippen LogP contribution < -0.4 is 0 Å². The summed E-state index contributed by atoms with van der Waals surface area (Å²) in [6.45, 7) is 3.99. The molecule has 0 aliphatic rings. The molecule has 7 heavy (non-hydrogen) atoms. The van der Waals surface area contributed by atoms with E-state index < -0.39 is 0 Å². The molecule has 0 aromatic rings. The van der Waals surface area contributed by atoms with Gasteiger partial charge in [-0.2, -0.15) is 0 Å². The van der Waals surface area contributed by atoms with Crippen molar-refractivity contribution in [3.8, 4) is 0 Å². The predicted molar refractivity (Wildman–Crippen MR) is 36.9 cm³/mol. The summed E-state index contributed by atoms with van der Waals surface area (Å²) in [5.41, 5.74) is 0. The van der Waals surface area contributed by atoms with Crippen molar-refractivity contribution in [3.63, 3.8) is 0 Å². The molecular formula is C6H10P-. The third-order valence-electron chi connectivity index (χ3n) is 0.539. The van der Waals surface area contributed by atoms with Gasteiger partial charge >= 0.3 is 0 Å². The van der Waals surface area contributed by atoms with Crippen LogP contribution in [0.2, 0.25) is 0 Å². The summed E-state index contributed by atoms with van der Waals surface area (Å²) >= 11 is 0. The molecule has 40 valence electrons. The standard InChI is InChI=1S/C6H10P/c1-3-4-5-6(2)7/h3-5,7H,1-2H3/q-1/b4-3-,6-5+. The van der Waals surface area contributed by atoms with Crippen molar-refractivity contribution in [2.45, 2.75) is 13.8 Å². The van der Waals surface area contributed by atoms with Crippen LogP contribution in [0.3, 0.4) is 0 Å². The molecule has 0 radical (unpaired) electrons. The molecule has 0 unspecified atom stereocenters. The zero-order valence-electron chi connectivity index (χ0n) is 4.73. The van der Waals surface area contributed by atoms with Crippen molar-refractivity contribution in [1.82, 2.24) is 0 Å². The Morgan fingerprint density at radius 2 is 2.14 bits per heavy atom. The Morgan fingerprint density at radius 3 is 2.29 bits per heavy atom. The maximum absolute atomic E-state index is 3.33. The fourth-order valence-electron chi connectivity index (χ4n) is 0.241. The van der Waals surface area contributed by atoms with Gasteiger partial charge in [-0.25, -0.2) is 5.31 Å². The SMILES string of the molecule is C/C=C\C=C(/C)[PH-]. The van der Waals surface area contributed by atoms with Gasteiger partial charge in [-0.05, 0) is 6.92 Å². The van der Waals surface area contributed by atoms with Crippen LogP contribution in [0.15, 0.2) is 23.5 Å². The van der Waals surface area contributed by atoms with Crippen LogP contribution in [0.4, 0.5) is 0 Å². The van der Waals surface area contributed by atoms with Gasteiger partial charge in [0.15, 0.2) is 0 Å². The average molecular weight is 113 g/mol. The molecule has 0 spiro atoms. The van der Waals surface area contributed by atoms with E-state index in [0.29, 0.717) is 0 Å². The van der Waals surface area contributed by atoms with E-state index in [9.17, 15) is 0 Å². The second-order valence-electron chi connectivity index (χ2n) is 1.38. The summed E-state index contributed by atoms with van der Waals surface area (Å²) in [5, 5.41) is 1.15. The lowest BCUT2D eigenvalue weighted by atomic mass is 10.5. The Kier molecular flexibility index (Phi) is 4.03. The maximum Gasteiger partial charge on any atom is -0.0467 e. The lowest BCUT2D eigenvalue weighted by molar-refractivity contribution is 1.65. The van der Waals surface area contributed by atoms with Crippen molar-refractivity contribution < 1.29 is 0 Å². The number of rotatable bonds is 1. The lowest BCUT2D eigenvalue weighted by Gasteiger charge is -1.92. The maximum atomic E-state index is 3.33. The summed E-state index contributed by atoms with van der Waals surface area (Å²) in [6.07, 6.45) is 5.98. The minimum absolute atomic E-state index is 1.15.